The summed E-state index contributed by atoms with van der Waals surface area (Å²) in [5.41, 5.74) is 0. The highest BCUT2D eigenvalue weighted by Gasteiger charge is 2.09. The van der Waals surface area contributed by atoms with Crippen molar-refractivity contribution in [2.75, 3.05) is 19.8 Å². The zero-order chi connectivity index (χ0) is 11.7. The average Bonchev–Trinajstić information content (AvgIpc) is 2.20. The zero-order valence-electron chi connectivity index (χ0n) is 8.31. The molecule has 0 saturated carbocycles. The van der Waals surface area contributed by atoms with E-state index in [1.54, 1.807) is 0 Å². The van der Waals surface area contributed by atoms with E-state index in [0.717, 1.165) is 26.2 Å². The topological polar surface area (TPSA) is 95.9 Å². The van der Waals surface area contributed by atoms with Crippen LogP contribution in [0.4, 0.5) is 0 Å². The second-order valence-corrected chi connectivity index (χ2v) is 2.86. The first-order valence-electron chi connectivity index (χ1n) is 4.46. The highest BCUT2D eigenvalue weighted by Crippen LogP contribution is 1.97. The molecule has 1 aliphatic rings. The van der Waals surface area contributed by atoms with E-state index >= 15 is 0 Å². The number of aliphatic carboxylic acids is 2. The molecule has 0 amide bonds. The molecule has 1 aliphatic heterocycles. The Labute approximate surface area is 87.5 Å². The molecule has 0 aromatic heterocycles. The number of nitrogens with one attached hydrogen (secondary N) is 1. The minimum atomic E-state index is -1.82. The smallest absolute Gasteiger partial charge is 0.414 e. The number of carboxylic acids is 2. The molecule has 1 saturated heterocycles. The van der Waals surface area contributed by atoms with E-state index in [1.165, 1.54) is 0 Å². The molecule has 6 heteroatoms. The first-order valence-corrected chi connectivity index (χ1v) is 4.46. The van der Waals surface area contributed by atoms with Crippen molar-refractivity contribution >= 4 is 11.9 Å². The molecule has 86 valence electrons. The summed E-state index contributed by atoms with van der Waals surface area (Å²) >= 11 is 0. The lowest BCUT2D eigenvalue weighted by Gasteiger charge is -2.22. The van der Waals surface area contributed by atoms with Crippen molar-refractivity contribution in [3.63, 3.8) is 0 Å². The second kappa shape index (κ2) is 7.95. The van der Waals surface area contributed by atoms with Crippen molar-refractivity contribution in [2.45, 2.75) is 12.5 Å². The Bertz CT molecular complexity index is 211. The van der Waals surface area contributed by atoms with E-state index in [-0.39, 0.29) is 0 Å². The van der Waals surface area contributed by atoms with Crippen LogP contribution in [-0.4, -0.2) is 48.0 Å². The van der Waals surface area contributed by atoms with E-state index in [0.29, 0.717) is 6.04 Å². The van der Waals surface area contributed by atoms with Gasteiger partial charge in [-0.1, -0.05) is 6.08 Å². The summed E-state index contributed by atoms with van der Waals surface area (Å²) in [6.45, 7) is 6.34. The van der Waals surface area contributed by atoms with Crippen LogP contribution in [0.1, 0.15) is 6.42 Å². The summed E-state index contributed by atoms with van der Waals surface area (Å²) in [6.07, 6.45) is 2.94. The van der Waals surface area contributed by atoms with Crippen LogP contribution < -0.4 is 5.32 Å². The van der Waals surface area contributed by atoms with Gasteiger partial charge in [-0.2, -0.15) is 0 Å². The van der Waals surface area contributed by atoms with Gasteiger partial charge in [-0.3, -0.25) is 0 Å². The second-order valence-electron chi connectivity index (χ2n) is 2.86. The molecule has 1 atom stereocenters. The summed E-state index contributed by atoms with van der Waals surface area (Å²) < 4.78 is 5.22. The van der Waals surface area contributed by atoms with Gasteiger partial charge in [-0.15, -0.1) is 6.58 Å². The fourth-order valence-corrected chi connectivity index (χ4v) is 0.972. The van der Waals surface area contributed by atoms with Crippen molar-refractivity contribution in [3.8, 4) is 0 Å². The number of morpholine rings is 1. The Kier molecular flexibility index (Phi) is 7.21. The predicted molar refractivity (Wildman–Crippen MR) is 52.7 cm³/mol. The van der Waals surface area contributed by atoms with Crippen LogP contribution in [0.15, 0.2) is 12.7 Å². The highest BCUT2D eigenvalue weighted by molar-refractivity contribution is 6.27. The van der Waals surface area contributed by atoms with Crippen LogP contribution in [0, 0.1) is 0 Å². The van der Waals surface area contributed by atoms with Gasteiger partial charge in [0.15, 0.2) is 0 Å². The van der Waals surface area contributed by atoms with Gasteiger partial charge in [0.1, 0.15) is 0 Å². The number of rotatable bonds is 2. The largest absolute Gasteiger partial charge is 0.473 e. The molecular weight excluding hydrogens is 202 g/mol. The summed E-state index contributed by atoms with van der Waals surface area (Å²) in [6, 6.07) is 0.510. The van der Waals surface area contributed by atoms with Crippen LogP contribution in [-0.2, 0) is 14.3 Å². The van der Waals surface area contributed by atoms with Gasteiger partial charge in [0, 0.05) is 12.6 Å². The van der Waals surface area contributed by atoms with Crippen LogP contribution in [0.5, 0.6) is 0 Å². The maximum atomic E-state index is 9.10. The number of carbonyl (C=O) groups is 2. The van der Waals surface area contributed by atoms with Gasteiger partial charge >= 0.3 is 11.9 Å². The molecule has 0 aromatic rings. The Balaban J connectivity index is 0.000000288. The molecule has 0 spiro atoms. The summed E-state index contributed by atoms with van der Waals surface area (Å²) in [7, 11) is 0. The molecule has 0 aromatic carbocycles. The van der Waals surface area contributed by atoms with E-state index in [4.69, 9.17) is 24.5 Å². The molecule has 0 bridgehead atoms. The summed E-state index contributed by atoms with van der Waals surface area (Å²) in [5.74, 6) is -3.65. The van der Waals surface area contributed by atoms with E-state index in [1.807, 2.05) is 6.08 Å². The first kappa shape index (κ1) is 13.6. The minimum absolute atomic E-state index is 0.510. The number of hydrogen-bond acceptors (Lipinski definition) is 4. The van der Waals surface area contributed by atoms with Crippen molar-refractivity contribution < 1.29 is 24.5 Å². The summed E-state index contributed by atoms with van der Waals surface area (Å²) in [4.78, 5) is 18.2. The van der Waals surface area contributed by atoms with E-state index in [2.05, 4.69) is 11.9 Å². The lowest BCUT2D eigenvalue weighted by Crippen LogP contribution is -2.40. The Morgan fingerprint density at radius 1 is 1.47 bits per heavy atom. The Morgan fingerprint density at radius 3 is 2.40 bits per heavy atom. The third kappa shape index (κ3) is 7.65. The minimum Gasteiger partial charge on any atom is -0.473 e. The molecule has 1 rings (SSSR count). The van der Waals surface area contributed by atoms with Crippen molar-refractivity contribution in [3.05, 3.63) is 12.7 Å². The molecule has 3 N–H and O–H groups in total. The lowest BCUT2D eigenvalue weighted by atomic mass is 10.2. The SMILES string of the molecule is C=CC[C@H]1COCCN1.O=C(O)C(=O)O. The van der Waals surface area contributed by atoms with Gasteiger partial charge in [-0.25, -0.2) is 9.59 Å². The van der Waals surface area contributed by atoms with Crippen molar-refractivity contribution in [1.29, 1.82) is 0 Å². The van der Waals surface area contributed by atoms with Crippen LogP contribution in [0.2, 0.25) is 0 Å². The van der Waals surface area contributed by atoms with Gasteiger partial charge in [0.25, 0.3) is 0 Å². The molecule has 0 unspecified atom stereocenters. The number of hydrogen-bond donors (Lipinski definition) is 3. The highest BCUT2D eigenvalue weighted by atomic mass is 16.5. The third-order valence-corrected chi connectivity index (χ3v) is 1.63. The number of ether oxygens (including phenoxy) is 1. The number of carboxylic acid groups (broad SMARTS) is 2. The molecule has 0 radical (unpaired) electrons. The van der Waals surface area contributed by atoms with Crippen LogP contribution in [0.3, 0.4) is 0 Å². The first-order chi connectivity index (χ1) is 7.07. The zero-order valence-corrected chi connectivity index (χ0v) is 8.31. The van der Waals surface area contributed by atoms with Crippen molar-refractivity contribution in [2.24, 2.45) is 0 Å². The fraction of sp³-hybridized carbons (Fsp3) is 0.556. The van der Waals surface area contributed by atoms with Gasteiger partial charge < -0.3 is 20.3 Å². The van der Waals surface area contributed by atoms with E-state index in [9.17, 15) is 0 Å². The molecule has 1 fully saturated rings. The monoisotopic (exact) mass is 217 g/mol. The predicted octanol–water partition coefficient (Wildman–Crippen LogP) is -0.293. The summed E-state index contributed by atoms with van der Waals surface area (Å²) in [5, 5.41) is 18.1. The molecule has 15 heavy (non-hydrogen) atoms. The molecule has 1 heterocycles. The molecular formula is C9H15NO5. The van der Waals surface area contributed by atoms with Crippen LogP contribution >= 0.6 is 0 Å². The third-order valence-electron chi connectivity index (χ3n) is 1.63. The Hall–Kier alpha value is -1.40. The maximum absolute atomic E-state index is 9.10. The van der Waals surface area contributed by atoms with E-state index < -0.39 is 11.9 Å². The average molecular weight is 217 g/mol. The van der Waals surface area contributed by atoms with Gasteiger partial charge in [-0.05, 0) is 6.42 Å². The van der Waals surface area contributed by atoms with Crippen molar-refractivity contribution in [1.82, 2.24) is 5.32 Å². The lowest BCUT2D eigenvalue weighted by molar-refractivity contribution is -0.159. The fourth-order valence-electron chi connectivity index (χ4n) is 0.972. The Morgan fingerprint density at radius 2 is 2.07 bits per heavy atom. The molecule has 0 aliphatic carbocycles. The quantitative estimate of drug-likeness (QED) is 0.434. The molecule has 6 nitrogen and oxygen atoms in total. The van der Waals surface area contributed by atoms with Gasteiger partial charge in [0.05, 0.1) is 13.2 Å². The normalized spacial score (nSPS) is 19.6. The van der Waals surface area contributed by atoms with Gasteiger partial charge in [0.2, 0.25) is 0 Å². The maximum Gasteiger partial charge on any atom is 0.414 e. The van der Waals surface area contributed by atoms with Crippen LogP contribution in [0.25, 0.3) is 0 Å². The standard InChI is InChI=1S/C7H13NO.C2H2O4/c1-2-3-7-6-9-5-4-8-7;3-1(4)2(5)6/h2,7-8H,1,3-6H2;(H,3,4)(H,5,6)/t7-;/m0./s1.